The molecule has 3 rings (SSSR count). The lowest BCUT2D eigenvalue weighted by atomic mass is 10.1. The van der Waals surface area contributed by atoms with Gasteiger partial charge in [0, 0.05) is 36.3 Å². The number of benzene rings is 1. The lowest BCUT2D eigenvalue weighted by Gasteiger charge is -2.06. The van der Waals surface area contributed by atoms with Crippen LogP contribution in [-0.4, -0.2) is 17.1 Å². The third-order valence-electron chi connectivity index (χ3n) is 3.08. The third kappa shape index (κ3) is 1.26. The Kier molecular flexibility index (Phi) is 1.89. The van der Waals surface area contributed by atoms with Crippen molar-refractivity contribution in [3.8, 4) is 0 Å². The van der Waals surface area contributed by atoms with E-state index in [-0.39, 0.29) is 12.1 Å². The molecule has 4 heteroatoms. The Labute approximate surface area is 93.2 Å². The predicted octanol–water partition coefficient (Wildman–Crippen LogP) is 1.53. The summed E-state index contributed by atoms with van der Waals surface area (Å²) >= 11 is 0. The molecule has 1 fully saturated rings. The van der Waals surface area contributed by atoms with Gasteiger partial charge in [0.15, 0.2) is 0 Å². The molecule has 1 atom stereocenters. The van der Waals surface area contributed by atoms with Crippen LogP contribution in [0.25, 0.3) is 10.9 Å². The van der Waals surface area contributed by atoms with Gasteiger partial charge >= 0.3 is 6.03 Å². The van der Waals surface area contributed by atoms with Gasteiger partial charge in [-0.25, -0.2) is 4.79 Å². The van der Waals surface area contributed by atoms with Gasteiger partial charge in [-0.1, -0.05) is 18.2 Å². The van der Waals surface area contributed by atoms with Gasteiger partial charge in [-0.2, -0.15) is 0 Å². The monoisotopic (exact) mass is 215 g/mol. The Morgan fingerprint density at radius 3 is 2.94 bits per heavy atom. The first-order valence-electron chi connectivity index (χ1n) is 5.34. The van der Waals surface area contributed by atoms with Crippen LogP contribution in [0.1, 0.15) is 11.6 Å². The number of hydrogen-bond donors (Lipinski definition) is 2. The predicted molar refractivity (Wildman–Crippen MR) is 62.2 cm³/mol. The SMILES string of the molecule is Cn1cc(C2CNC(=O)N2)c2ccccc21. The molecule has 82 valence electrons. The van der Waals surface area contributed by atoms with Crippen LogP contribution in [0.15, 0.2) is 30.5 Å². The molecular weight excluding hydrogens is 202 g/mol. The first kappa shape index (κ1) is 9.27. The van der Waals surface area contributed by atoms with Crippen molar-refractivity contribution in [2.75, 3.05) is 6.54 Å². The molecule has 1 saturated heterocycles. The maximum atomic E-state index is 11.1. The Balaban J connectivity index is 2.13. The van der Waals surface area contributed by atoms with Crippen molar-refractivity contribution in [1.29, 1.82) is 0 Å². The Morgan fingerprint density at radius 2 is 2.19 bits per heavy atom. The molecular formula is C12H13N3O. The van der Waals surface area contributed by atoms with Crippen LogP contribution in [-0.2, 0) is 7.05 Å². The molecule has 2 heterocycles. The molecule has 0 radical (unpaired) electrons. The third-order valence-corrected chi connectivity index (χ3v) is 3.08. The molecule has 4 nitrogen and oxygen atoms in total. The van der Waals surface area contributed by atoms with Gasteiger partial charge in [-0.15, -0.1) is 0 Å². The molecule has 0 aliphatic carbocycles. The van der Waals surface area contributed by atoms with Crippen LogP contribution >= 0.6 is 0 Å². The number of nitrogens with zero attached hydrogens (tertiary/aromatic N) is 1. The van der Waals surface area contributed by atoms with Crippen molar-refractivity contribution in [1.82, 2.24) is 15.2 Å². The van der Waals surface area contributed by atoms with Gasteiger partial charge < -0.3 is 15.2 Å². The van der Waals surface area contributed by atoms with Gasteiger partial charge in [0.1, 0.15) is 0 Å². The summed E-state index contributed by atoms with van der Waals surface area (Å²) in [6, 6.07) is 8.22. The second-order valence-corrected chi connectivity index (χ2v) is 4.12. The molecule has 2 amide bonds. The number of aryl methyl sites for hydroxylation is 1. The number of nitrogens with one attached hydrogen (secondary N) is 2. The number of carbonyl (C=O) groups excluding carboxylic acids is 1. The lowest BCUT2D eigenvalue weighted by Crippen LogP contribution is -2.21. The van der Waals surface area contributed by atoms with E-state index in [1.54, 1.807) is 0 Å². The Morgan fingerprint density at radius 1 is 1.38 bits per heavy atom. The number of aromatic nitrogens is 1. The molecule has 1 aromatic carbocycles. The standard InChI is InChI=1S/C12H13N3O/c1-15-7-9(10-6-13-12(16)14-10)8-4-2-3-5-11(8)15/h2-5,7,10H,6H2,1H3,(H2,13,14,16). The van der Waals surface area contributed by atoms with Gasteiger partial charge in [-0.3, -0.25) is 0 Å². The number of urea groups is 1. The quantitative estimate of drug-likeness (QED) is 0.744. The Hall–Kier alpha value is -1.97. The maximum Gasteiger partial charge on any atom is 0.315 e. The van der Waals surface area contributed by atoms with Crippen molar-refractivity contribution >= 4 is 16.9 Å². The highest BCUT2D eigenvalue weighted by molar-refractivity contribution is 5.86. The summed E-state index contributed by atoms with van der Waals surface area (Å²) in [7, 11) is 2.02. The largest absolute Gasteiger partial charge is 0.350 e. The van der Waals surface area contributed by atoms with Crippen LogP contribution in [0, 0.1) is 0 Å². The summed E-state index contributed by atoms with van der Waals surface area (Å²) in [5, 5.41) is 6.90. The van der Waals surface area contributed by atoms with Crippen molar-refractivity contribution in [3.05, 3.63) is 36.0 Å². The summed E-state index contributed by atoms with van der Waals surface area (Å²) in [5.74, 6) is 0. The van der Waals surface area contributed by atoms with E-state index in [1.807, 2.05) is 19.2 Å². The summed E-state index contributed by atoms with van der Waals surface area (Å²) in [6.07, 6.45) is 2.09. The first-order chi connectivity index (χ1) is 7.75. The van der Waals surface area contributed by atoms with Crippen molar-refractivity contribution < 1.29 is 4.79 Å². The van der Waals surface area contributed by atoms with Crippen LogP contribution in [0.3, 0.4) is 0 Å². The van der Waals surface area contributed by atoms with Crippen molar-refractivity contribution in [3.63, 3.8) is 0 Å². The Bertz CT molecular complexity index is 558. The van der Waals surface area contributed by atoms with E-state index in [4.69, 9.17) is 0 Å². The molecule has 2 N–H and O–H groups in total. The second-order valence-electron chi connectivity index (χ2n) is 4.12. The van der Waals surface area contributed by atoms with E-state index in [1.165, 1.54) is 16.5 Å². The first-order valence-corrected chi connectivity index (χ1v) is 5.34. The van der Waals surface area contributed by atoms with Crippen LogP contribution in [0.5, 0.6) is 0 Å². The van der Waals surface area contributed by atoms with Crippen LogP contribution in [0.4, 0.5) is 4.79 Å². The fraction of sp³-hybridized carbons (Fsp3) is 0.250. The van der Waals surface area contributed by atoms with Gasteiger partial charge in [0.25, 0.3) is 0 Å². The highest BCUT2D eigenvalue weighted by Crippen LogP contribution is 2.26. The number of carbonyl (C=O) groups is 1. The minimum atomic E-state index is -0.0852. The molecule has 1 aromatic heterocycles. The molecule has 2 aromatic rings. The molecule has 0 spiro atoms. The highest BCUT2D eigenvalue weighted by Gasteiger charge is 2.24. The molecule has 1 aliphatic rings. The molecule has 0 bridgehead atoms. The van der Waals surface area contributed by atoms with Crippen molar-refractivity contribution in [2.24, 2.45) is 7.05 Å². The van der Waals surface area contributed by atoms with E-state index >= 15 is 0 Å². The molecule has 0 saturated carbocycles. The molecule has 1 aliphatic heterocycles. The van der Waals surface area contributed by atoms with Crippen LogP contribution in [0.2, 0.25) is 0 Å². The molecule has 16 heavy (non-hydrogen) atoms. The van der Waals surface area contributed by atoms with E-state index in [9.17, 15) is 4.79 Å². The summed E-state index contributed by atoms with van der Waals surface area (Å²) in [4.78, 5) is 11.1. The number of fused-ring (bicyclic) bond motifs is 1. The van der Waals surface area contributed by atoms with E-state index in [0.29, 0.717) is 6.54 Å². The minimum absolute atomic E-state index is 0.0820. The van der Waals surface area contributed by atoms with E-state index in [2.05, 4.69) is 33.5 Å². The number of para-hydroxylation sites is 1. The smallest absolute Gasteiger partial charge is 0.315 e. The topological polar surface area (TPSA) is 46.1 Å². The number of amides is 2. The zero-order chi connectivity index (χ0) is 11.1. The molecule has 1 unspecified atom stereocenters. The average molecular weight is 215 g/mol. The lowest BCUT2D eigenvalue weighted by molar-refractivity contribution is 0.247. The number of rotatable bonds is 1. The summed E-state index contributed by atoms with van der Waals surface area (Å²) < 4.78 is 2.09. The van der Waals surface area contributed by atoms with Gasteiger partial charge in [0.2, 0.25) is 0 Å². The second kappa shape index (κ2) is 3.27. The van der Waals surface area contributed by atoms with Gasteiger partial charge in [0.05, 0.1) is 6.04 Å². The van der Waals surface area contributed by atoms with E-state index in [0.717, 1.165) is 0 Å². The maximum absolute atomic E-state index is 11.1. The number of hydrogen-bond acceptors (Lipinski definition) is 1. The highest BCUT2D eigenvalue weighted by atomic mass is 16.2. The summed E-state index contributed by atoms with van der Waals surface area (Å²) in [5.41, 5.74) is 2.37. The summed E-state index contributed by atoms with van der Waals surface area (Å²) in [6.45, 7) is 0.660. The van der Waals surface area contributed by atoms with Crippen molar-refractivity contribution in [2.45, 2.75) is 6.04 Å². The minimum Gasteiger partial charge on any atom is -0.350 e. The zero-order valence-electron chi connectivity index (χ0n) is 9.03. The van der Waals surface area contributed by atoms with Gasteiger partial charge in [-0.05, 0) is 6.07 Å². The normalized spacial score (nSPS) is 19.8. The average Bonchev–Trinajstić information content (AvgIpc) is 2.84. The van der Waals surface area contributed by atoms with Crippen LogP contribution < -0.4 is 10.6 Å². The zero-order valence-corrected chi connectivity index (χ0v) is 9.03. The fourth-order valence-electron chi connectivity index (χ4n) is 2.29. The van der Waals surface area contributed by atoms with E-state index < -0.39 is 0 Å². The fourth-order valence-corrected chi connectivity index (χ4v) is 2.29.